The number of nitriles is 1. The Bertz CT molecular complexity index is 372. The third-order valence-corrected chi connectivity index (χ3v) is 4.03. The van der Waals surface area contributed by atoms with Gasteiger partial charge in [0, 0.05) is 19.3 Å². The van der Waals surface area contributed by atoms with Crippen LogP contribution in [0.5, 0.6) is 0 Å². The first-order valence-corrected chi connectivity index (χ1v) is 7.68. The Morgan fingerprint density at radius 1 is 1.45 bits per heavy atom. The van der Waals surface area contributed by atoms with Crippen molar-refractivity contribution in [2.24, 2.45) is 11.8 Å². The number of esters is 1. The van der Waals surface area contributed by atoms with E-state index in [9.17, 15) is 9.59 Å². The summed E-state index contributed by atoms with van der Waals surface area (Å²) in [6, 6.07) is 2.23. The quantitative estimate of drug-likeness (QED) is 0.504. The molecule has 112 valence electrons. The summed E-state index contributed by atoms with van der Waals surface area (Å²) < 4.78 is 5.33. The summed E-state index contributed by atoms with van der Waals surface area (Å²) in [6.45, 7) is 3.56. The molecule has 0 aromatic rings. The van der Waals surface area contributed by atoms with Gasteiger partial charge in [0.25, 0.3) is 0 Å². The van der Waals surface area contributed by atoms with Gasteiger partial charge in [0.2, 0.25) is 0 Å². The van der Waals surface area contributed by atoms with E-state index in [0.717, 1.165) is 25.7 Å². The summed E-state index contributed by atoms with van der Waals surface area (Å²) in [5.41, 5.74) is 0. The van der Waals surface area contributed by atoms with E-state index in [1.54, 1.807) is 0 Å². The van der Waals surface area contributed by atoms with Crippen LogP contribution in [0.3, 0.4) is 0 Å². The molecule has 0 bridgehead atoms. The predicted octanol–water partition coefficient (Wildman–Crippen LogP) is 3.40. The van der Waals surface area contributed by atoms with Crippen LogP contribution in [0.4, 0.5) is 0 Å². The largest absolute Gasteiger partial charge is 0.463 e. The fraction of sp³-hybridized carbons (Fsp3) is 0.812. The molecule has 0 saturated heterocycles. The summed E-state index contributed by atoms with van der Waals surface area (Å²) >= 11 is 0. The van der Waals surface area contributed by atoms with E-state index in [1.807, 2.05) is 0 Å². The Balaban J connectivity index is 2.45. The maximum Gasteiger partial charge on any atom is 0.302 e. The van der Waals surface area contributed by atoms with Crippen LogP contribution in [0.25, 0.3) is 0 Å². The molecule has 0 aromatic heterocycles. The minimum atomic E-state index is -0.263. The molecule has 4 heteroatoms. The molecule has 1 rings (SSSR count). The molecule has 3 unspecified atom stereocenters. The molecular weight excluding hydrogens is 254 g/mol. The molecule has 0 N–H and O–H groups in total. The van der Waals surface area contributed by atoms with E-state index in [1.165, 1.54) is 6.92 Å². The van der Waals surface area contributed by atoms with Gasteiger partial charge in [-0.25, -0.2) is 0 Å². The molecule has 4 nitrogen and oxygen atoms in total. The van der Waals surface area contributed by atoms with Crippen molar-refractivity contribution in [3.8, 4) is 6.07 Å². The predicted molar refractivity (Wildman–Crippen MR) is 75.8 cm³/mol. The van der Waals surface area contributed by atoms with Crippen LogP contribution >= 0.6 is 0 Å². The summed E-state index contributed by atoms with van der Waals surface area (Å²) in [4.78, 5) is 22.9. The molecule has 0 heterocycles. The summed E-state index contributed by atoms with van der Waals surface area (Å²) in [5, 5.41) is 9.05. The second-order valence-electron chi connectivity index (χ2n) is 5.65. The SMILES string of the molecule is CCCCCC(CCC1C(=O)CCC1C#N)OC(C)=O. The Hall–Kier alpha value is -1.37. The number of rotatable bonds is 8. The number of hydrogen-bond acceptors (Lipinski definition) is 4. The number of ether oxygens (including phenoxy) is 1. The average Bonchev–Trinajstić information content (AvgIpc) is 2.76. The van der Waals surface area contributed by atoms with Crippen LogP contribution in [0.15, 0.2) is 0 Å². The number of ketones is 1. The molecule has 3 atom stereocenters. The van der Waals surface area contributed by atoms with Crippen molar-refractivity contribution >= 4 is 11.8 Å². The zero-order chi connectivity index (χ0) is 15.0. The average molecular weight is 279 g/mol. The van der Waals surface area contributed by atoms with Crippen molar-refractivity contribution in [2.75, 3.05) is 0 Å². The Morgan fingerprint density at radius 3 is 2.80 bits per heavy atom. The topological polar surface area (TPSA) is 67.2 Å². The van der Waals surface area contributed by atoms with E-state index in [0.29, 0.717) is 25.7 Å². The van der Waals surface area contributed by atoms with Gasteiger partial charge in [0.05, 0.1) is 12.0 Å². The van der Waals surface area contributed by atoms with Gasteiger partial charge in [-0.3, -0.25) is 9.59 Å². The fourth-order valence-electron chi connectivity index (χ4n) is 2.91. The molecule has 0 aromatic carbocycles. The molecule has 1 fully saturated rings. The van der Waals surface area contributed by atoms with Crippen molar-refractivity contribution in [1.82, 2.24) is 0 Å². The lowest BCUT2D eigenvalue weighted by Crippen LogP contribution is -2.21. The summed E-state index contributed by atoms with van der Waals surface area (Å²) in [5.74, 6) is -0.354. The smallest absolute Gasteiger partial charge is 0.302 e. The van der Waals surface area contributed by atoms with Crippen molar-refractivity contribution in [1.29, 1.82) is 5.26 Å². The second-order valence-corrected chi connectivity index (χ2v) is 5.65. The van der Waals surface area contributed by atoms with Crippen LogP contribution in [-0.2, 0) is 14.3 Å². The maximum absolute atomic E-state index is 11.8. The summed E-state index contributed by atoms with van der Waals surface area (Å²) in [7, 11) is 0. The minimum Gasteiger partial charge on any atom is -0.463 e. The number of nitrogens with zero attached hydrogens (tertiary/aromatic N) is 1. The van der Waals surface area contributed by atoms with Crippen LogP contribution in [0.1, 0.15) is 65.2 Å². The lowest BCUT2D eigenvalue weighted by molar-refractivity contribution is -0.147. The molecule has 20 heavy (non-hydrogen) atoms. The number of hydrogen-bond donors (Lipinski definition) is 0. The zero-order valence-electron chi connectivity index (χ0n) is 12.6. The molecule has 1 aliphatic carbocycles. The molecular formula is C16H25NO3. The fourth-order valence-corrected chi connectivity index (χ4v) is 2.91. The standard InChI is InChI=1S/C16H25NO3/c1-3-4-5-6-14(20-12(2)18)8-9-15-13(11-17)7-10-16(15)19/h13-15H,3-10H2,1-2H3. The van der Waals surface area contributed by atoms with Crippen molar-refractivity contribution in [3.05, 3.63) is 0 Å². The van der Waals surface area contributed by atoms with E-state index >= 15 is 0 Å². The maximum atomic E-state index is 11.8. The molecule has 1 saturated carbocycles. The molecule has 0 amide bonds. The Morgan fingerprint density at radius 2 is 2.20 bits per heavy atom. The van der Waals surface area contributed by atoms with Gasteiger partial charge in [-0.05, 0) is 32.1 Å². The van der Waals surface area contributed by atoms with E-state index in [4.69, 9.17) is 10.00 Å². The molecule has 0 aliphatic heterocycles. The van der Waals surface area contributed by atoms with E-state index in [2.05, 4.69) is 13.0 Å². The second kappa shape index (κ2) is 8.73. The monoisotopic (exact) mass is 279 g/mol. The summed E-state index contributed by atoms with van der Waals surface area (Å²) in [6.07, 6.45) is 6.61. The highest BCUT2D eigenvalue weighted by Crippen LogP contribution is 2.32. The van der Waals surface area contributed by atoms with E-state index in [-0.39, 0.29) is 29.7 Å². The van der Waals surface area contributed by atoms with Gasteiger partial charge in [-0.15, -0.1) is 0 Å². The Labute approximate surface area is 121 Å². The van der Waals surface area contributed by atoms with Crippen molar-refractivity contribution in [2.45, 2.75) is 71.3 Å². The minimum absolute atomic E-state index is 0.105. The highest BCUT2D eigenvalue weighted by molar-refractivity contribution is 5.83. The van der Waals surface area contributed by atoms with Crippen LogP contribution in [-0.4, -0.2) is 17.9 Å². The number of carbonyl (C=O) groups excluding carboxylic acids is 2. The first-order chi connectivity index (χ1) is 9.58. The Kier molecular flexibility index (Phi) is 7.28. The third-order valence-electron chi connectivity index (χ3n) is 4.03. The van der Waals surface area contributed by atoms with E-state index < -0.39 is 0 Å². The lowest BCUT2D eigenvalue weighted by atomic mass is 9.90. The van der Waals surface area contributed by atoms with Crippen LogP contribution in [0.2, 0.25) is 0 Å². The van der Waals surface area contributed by atoms with Crippen LogP contribution in [0, 0.1) is 23.2 Å². The van der Waals surface area contributed by atoms with Gasteiger partial charge in [-0.1, -0.05) is 19.8 Å². The van der Waals surface area contributed by atoms with Gasteiger partial charge in [-0.2, -0.15) is 5.26 Å². The molecule has 1 aliphatic rings. The van der Waals surface area contributed by atoms with Crippen molar-refractivity contribution < 1.29 is 14.3 Å². The van der Waals surface area contributed by atoms with Gasteiger partial charge < -0.3 is 4.74 Å². The molecule has 0 spiro atoms. The van der Waals surface area contributed by atoms with Crippen LogP contribution < -0.4 is 0 Å². The van der Waals surface area contributed by atoms with Gasteiger partial charge in [0.1, 0.15) is 11.9 Å². The zero-order valence-corrected chi connectivity index (χ0v) is 12.6. The highest BCUT2D eigenvalue weighted by Gasteiger charge is 2.34. The highest BCUT2D eigenvalue weighted by atomic mass is 16.5. The number of carbonyl (C=O) groups is 2. The number of Topliss-reactive ketones (excluding diaryl/α,β-unsaturated/α-hetero) is 1. The molecule has 0 radical (unpaired) electrons. The third kappa shape index (κ3) is 5.32. The lowest BCUT2D eigenvalue weighted by Gasteiger charge is -2.19. The van der Waals surface area contributed by atoms with Crippen molar-refractivity contribution in [3.63, 3.8) is 0 Å². The van der Waals surface area contributed by atoms with Gasteiger partial charge in [0.15, 0.2) is 0 Å². The normalized spacial score (nSPS) is 23.4. The van der Waals surface area contributed by atoms with Gasteiger partial charge >= 0.3 is 5.97 Å². The first kappa shape index (κ1) is 16.7. The number of unbranched alkanes of at least 4 members (excludes halogenated alkanes) is 2. The first-order valence-electron chi connectivity index (χ1n) is 7.68.